The van der Waals surface area contributed by atoms with E-state index in [1.807, 2.05) is 49.4 Å². The van der Waals surface area contributed by atoms with E-state index < -0.39 is 0 Å². The lowest BCUT2D eigenvalue weighted by Crippen LogP contribution is -2.17. The highest BCUT2D eigenvalue weighted by molar-refractivity contribution is 5.55. The first kappa shape index (κ1) is 16.3. The maximum Gasteiger partial charge on any atom is 0.209 e. The normalized spacial score (nSPS) is 11.0. The van der Waals surface area contributed by atoms with Crippen LogP contribution >= 0.6 is 0 Å². The molecule has 0 saturated carbocycles. The molecule has 0 spiro atoms. The number of ether oxygens (including phenoxy) is 1. The number of rotatable bonds is 7. The van der Waals surface area contributed by atoms with Crippen molar-refractivity contribution in [1.82, 2.24) is 9.88 Å². The standard InChI is InChI=1S/C20H22N2O2/c1-3-23-18-11-9-16(10-12-18)14-22(2)15-20-21-13-19(24-20)17-7-5-4-6-8-17/h4-13H,3,14-15H2,1-2H3. The van der Waals surface area contributed by atoms with E-state index in [0.29, 0.717) is 13.2 Å². The van der Waals surface area contributed by atoms with Crippen LogP contribution in [0, 0.1) is 0 Å². The van der Waals surface area contributed by atoms with E-state index >= 15 is 0 Å². The third kappa shape index (κ3) is 4.24. The first-order valence-corrected chi connectivity index (χ1v) is 8.15. The molecule has 1 heterocycles. The number of aromatic nitrogens is 1. The number of benzene rings is 2. The molecule has 3 aromatic rings. The molecule has 0 aliphatic heterocycles. The predicted molar refractivity (Wildman–Crippen MR) is 94.7 cm³/mol. The van der Waals surface area contributed by atoms with E-state index in [0.717, 1.165) is 29.5 Å². The van der Waals surface area contributed by atoms with Crippen molar-refractivity contribution >= 4 is 0 Å². The van der Waals surface area contributed by atoms with Crippen LogP contribution in [0.1, 0.15) is 18.4 Å². The minimum Gasteiger partial charge on any atom is -0.494 e. The molecule has 4 nitrogen and oxygen atoms in total. The van der Waals surface area contributed by atoms with Gasteiger partial charge in [0, 0.05) is 12.1 Å². The lowest BCUT2D eigenvalue weighted by molar-refractivity contribution is 0.282. The summed E-state index contributed by atoms with van der Waals surface area (Å²) in [5.41, 5.74) is 2.28. The van der Waals surface area contributed by atoms with Crippen LogP contribution in [0.5, 0.6) is 5.75 Å². The second-order valence-corrected chi connectivity index (χ2v) is 5.73. The third-order valence-electron chi connectivity index (χ3n) is 3.70. The van der Waals surface area contributed by atoms with E-state index in [9.17, 15) is 0 Å². The van der Waals surface area contributed by atoms with Crippen molar-refractivity contribution in [2.75, 3.05) is 13.7 Å². The molecule has 0 unspecified atom stereocenters. The van der Waals surface area contributed by atoms with Crippen LogP contribution in [0.25, 0.3) is 11.3 Å². The van der Waals surface area contributed by atoms with Crippen LogP contribution in [-0.2, 0) is 13.1 Å². The maximum atomic E-state index is 5.86. The van der Waals surface area contributed by atoms with Gasteiger partial charge in [0.1, 0.15) is 5.75 Å². The van der Waals surface area contributed by atoms with Gasteiger partial charge in [0.2, 0.25) is 5.89 Å². The molecule has 0 fully saturated rings. The molecule has 0 bridgehead atoms. The van der Waals surface area contributed by atoms with Gasteiger partial charge < -0.3 is 9.15 Å². The molecule has 2 aromatic carbocycles. The topological polar surface area (TPSA) is 38.5 Å². The minimum atomic E-state index is 0.667. The van der Waals surface area contributed by atoms with Crippen molar-refractivity contribution in [1.29, 1.82) is 0 Å². The van der Waals surface area contributed by atoms with Crippen LogP contribution < -0.4 is 4.74 Å². The van der Waals surface area contributed by atoms with E-state index in [1.165, 1.54) is 5.56 Å². The molecule has 0 N–H and O–H groups in total. The summed E-state index contributed by atoms with van der Waals surface area (Å²) < 4.78 is 11.3. The summed E-state index contributed by atoms with van der Waals surface area (Å²) in [6, 6.07) is 18.2. The molecule has 0 atom stereocenters. The second-order valence-electron chi connectivity index (χ2n) is 5.73. The highest BCUT2D eigenvalue weighted by Crippen LogP contribution is 2.20. The second kappa shape index (κ2) is 7.79. The Morgan fingerprint density at radius 2 is 1.75 bits per heavy atom. The number of oxazole rings is 1. The van der Waals surface area contributed by atoms with Crippen LogP contribution in [0.15, 0.2) is 65.2 Å². The Hall–Kier alpha value is -2.59. The summed E-state index contributed by atoms with van der Waals surface area (Å²) in [5, 5.41) is 0. The summed E-state index contributed by atoms with van der Waals surface area (Å²) in [4.78, 5) is 6.56. The van der Waals surface area contributed by atoms with Crippen molar-refractivity contribution in [2.45, 2.75) is 20.0 Å². The lowest BCUT2D eigenvalue weighted by Gasteiger charge is -2.15. The van der Waals surface area contributed by atoms with Crippen LogP contribution in [0.4, 0.5) is 0 Å². The van der Waals surface area contributed by atoms with Crippen molar-refractivity contribution in [3.63, 3.8) is 0 Å². The maximum absolute atomic E-state index is 5.86. The van der Waals surface area contributed by atoms with Gasteiger partial charge in [-0.15, -0.1) is 0 Å². The molecular weight excluding hydrogens is 300 g/mol. The summed E-state index contributed by atoms with van der Waals surface area (Å²) in [6.07, 6.45) is 1.79. The first-order valence-electron chi connectivity index (χ1n) is 8.15. The van der Waals surface area contributed by atoms with E-state index in [1.54, 1.807) is 6.20 Å². The van der Waals surface area contributed by atoms with Gasteiger partial charge >= 0.3 is 0 Å². The smallest absolute Gasteiger partial charge is 0.209 e. The number of hydrogen-bond acceptors (Lipinski definition) is 4. The van der Waals surface area contributed by atoms with Gasteiger partial charge in [-0.25, -0.2) is 4.98 Å². The van der Waals surface area contributed by atoms with E-state index in [-0.39, 0.29) is 0 Å². The predicted octanol–water partition coefficient (Wildman–Crippen LogP) is 4.37. The minimum absolute atomic E-state index is 0.667. The first-order chi connectivity index (χ1) is 11.7. The van der Waals surface area contributed by atoms with E-state index in [4.69, 9.17) is 9.15 Å². The fourth-order valence-corrected chi connectivity index (χ4v) is 2.58. The van der Waals surface area contributed by atoms with Gasteiger partial charge in [-0.3, -0.25) is 4.90 Å². The molecular formula is C20H22N2O2. The Balaban J connectivity index is 1.59. The summed E-state index contributed by atoms with van der Waals surface area (Å²) in [7, 11) is 2.06. The molecule has 0 amide bonds. The SMILES string of the molecule is CCOc1ccc(CN(C)Cc2ncc(-c3ccccc3)o2)cc1. The molecule has 1 aromatic heterocycles. The Labute approximate surface area is 142 Å². The molecule has 0 aliphatic carbocycles. The van der Waals surface area contributed by atoms with Gasteiger partial charge in [0.25, 0.3) is 0 Å². The van der Waals surface area contributed by atoms with Crippen LogP contribution in [0.2, 0.25) is 0 Å². The fraction of sp³-hybridized carbons (Fsp3) is 0.250. The summed E-state index contributed by atoms with van der Waals surface area (Å²) >= 11 is 0. The zero-order chi connectivity index (χ0) is 16.8. The van der Waals surface area contributed by atoms with Gasteiger partial charge in [-0.05, 0) is 31.7 Å². The van der Waals surface area contributed by atoms with Gasteiger partial charge in [0.15, 0.2) is 5.76 Å². The average Bonchev–Trinajstić information content (AvgIpc) is 3.06. The molecule has 3 rings (SSSR count). The third-order valence-corrected chi connectivity index (χ3v) is 3.70. The van der Waals surface area contributed by atoms with Crippen molar-refractivity contribution in [3.8, 4) is 17.1 Å². The summed E-state index contributed by atoms with van der Waals surface area (Å²) in [5.74, 6) is 2.44. The fourth-order valence-electron chi connectivity index (χ4n) is 2.58. The highest BCUT2D eigenvalue weighted by atomic mass is 16.5. The zero-order valence-corrected chi connectivity index (χ0v) is 14.1. The number of nitrogens with zero attached hydrogens (tertiary/aromatic N) is 2. The molecule has 0 radical (unpaired) electrons. The Bertz CT molecular complexity index is 751. The molecule has 4 heteroatoms. The molecule has 24 heavy (non-hydrogen) atoms. The monoisotopic (exact) mass is 322 g/mol. The Morgan fingerprint density at radius 1 is 1.00 bits per heavy atom. The van der Waals surface area contributed by atoms with Gasteiger partial charge in [-0.2, -0.15) is 0 Å². The van der Waals surface area contributed by atoms with Crippen LogP contribution in [-0.4, -0.2) is 23.5 Å². The average molecular weight is 322 g/mol. The highest BCUT2D eigenvalue weighted by Gasteiger charge is 2.09. The van der Waals surface area contributed by atoms with Crippen molar-refractivity contribution < 1.29 is 9.15 Å². The quantitative estimate of drug-likeness (QED) is 0.647. The zero-order valence-electron chi connectivity index (χ0n) is 14.1. The molecule has 0 saturated heterocycles. The number of hydrogen-bond donors (Lipinski definition) is 0. The van der Waals surface area contributed by atoms with Crippen molar-refractivity contribution in [3.05, 3.63) is 72.2 Å². The van der Waals surface area contributed by atoms with E-state index in [2.05, 4.69) is 29.1 Å². The van der Waals surface area contributed by atoms with Gasteiger partial charge in [0.05, 0.1) is 19.3 Å². The van der Waals surface area contributed by atoms with Crippen LogP contribution in [0.3, 0.4) is 0 Å². The largest absolute Gasteiger partial charge is 0.494 e. The lowest BCUT2D eigenvalue weighted by atomic mass is 10.2. The van der Waals surface area contributed by atoms with Gasteiger partial charge in [-0.1, -0.05) is 42.5 Å². The summed E-state index contributed by atoms with van der Waals surface area (Å²) in [6.45, 7) is 4.17. The molecule has 0 aliphatic rings. The Morgan fingerprint density at radius 3 is 2.46 bits per heavy atom. The van der Waals surface area contributed by atoms with Crippen molar-refractivity contribution in [2.24, 2.45) is 0 Å². The Kier molecular flexibility index (Phi) is 5.29. The molecule has 124 valence electrons.